The molecule has 0 aliphatic carbocycles. The van der Waals surface area contributed by atoms with Crippen LogP contribution in [0.4, 0.5) is 43.9 Å². The number of hydrogen-bond donors (Lipinski definition) is 0. The Hall–Kier alpha value is -3.99. The summed E-state index contributed by atoms with van der Waals surface area (Å²) in [4.78, 5) is 0. The summed E-state index contributed by atoms with van der Waals surface area (Å²) in [7, 11) is 0. The first-order valence-corrected chi connectivity index (χ1v) is 12.4. The van der Waals surface area contributed by atoms with Gasteiger partial charge in [-0.2, -0.15) is 8.78 Å². The molecule has 220 valence electrons. The van der Waals surface area contributed by atoms with Crippen LogP contribution in [0.25, 0.3) is 22.3 Å². The molecule has 0 aromatic heterocycles. The van der Waals surface area contributed by atoms with E-state index >= 15 is 4.39 Å². The molecular formula is C30H17ClF10O. The summed E-state index contributed by atoms with van der Waals surface area (Å²) in [6.07, 6.45) is -0.434. The van der Waals surface area contributed by atoms with Crippen LogP contribution in [0.3, 0.4) is 0 Å². The normalized spacial score (nSPS) is 11.9. The first-order chi connectivity index (χ1) is 19.7. The second-order valence-corrected chi connectivity index (χ2v) is 9.40. The van der Waals surface area contributed by atoms with Crippen LogP contribution in [-0.4, -0.2) is 0 Å². The minimum Gasteiger partial charge on any atom is -0.429 e. The summed E-state index contributed by atoms with van der Waals surface area (Å²) in [6, 6.07) is 4.37. The quantitative estimate of drug-likeness (QED) is 0.108. The van der Waals surface area contributed by atoms with Crippen molar-refractivity contribution in [3.05, 3.63) is 123 Å². The van der Waals surface area contributed by atoms with Crippen LogP contribution in [0.5, 0.6) is 5.75 Å². The molecule has 0 saturated carbocycles. The number of rotatable bonds is 8. The number of halogens is 11. The van der Waals surface area contributed by atoms with E-state index in [0.29, 0.717) is 24.5 Å². The Kier molecular flexibility index (Phi) is 8.91. The first kappa shape index (κ1) is 31.0. The fourth-order valence-electron chi connectivity index (χ4n) is 4.24. The van der Waals surface area contributed by atoms with E-state index in [4.69, 9.17) is 11.6 Å². The van der Waals surface area contributed by atoms with Crippen molar-refractivity contribution in [1.29, 1.82) is 0 Å². The molecule has 0 aliphatic heterocycles. The van der Waals surface area contributed by atoms with Crippen LogP contribution in [0, 0.1) is 46.5 Å². The van der Waals surface area contributed by atoms with Gasteiger partial charge in [-0.3, -0.25) is 0 Å². The van der Waals surface area contributed by atoms with Gasteiger partial charge >= 0.3 is 6.11 Å². The van der Waals surface area contributed by atoms with E-state index in [1.807, 2.05) is 0 Å². The lowest BCUT2D eigenvalue weighted by molar-refractivity contribution is -0.189. The highest BCUT2D eigenvalue weighted by molar-refractivity contribution is 6.33. The van der Waals surface area contributed by atoms with E-state index in [1.165, 1.54) is 0 Å². The molecule has 42 heavy (non-hydrogen) atoms. The van der Waals surface area contributed by atoms with Crippen LogP contribution in [0.1, 0.15) is 24.5 Å². The SMILES string of the molecule is C/C=C/CCc1cc(F)c(-c2cc(F)c(-c3cc(F)c(C(F)(F)Oc4cc(F)c(F)c(F)c4)c(F)c3)c(Cl)c2)c(F)c1. The highest BCUT2D eigenvalue weighted by Gasteiger charge is 2.42. The summed E-state index contributed by atoms with van der Waals surface area (Å²) in [5.74, 6) is -14.3. The summed E-state index contributed by atoms with van der Waals surface area (Å²) in [5, 5.41) is -0.562. The van der Waals surface area contributed by atoms with Gasteiger partial charge in [0.25, 0.3) is 0 Å². The Labute approximate surface area is 237 Å². The summed E-state index contributed by atoms with van der Waals surface area (Å²) in [5.41, 5.74) is -3.97. The molecule has 0 N–H and O–H groups in total. The van der Waals surface area contributed by atoms with Crippen molar-refractivity contribution in [2.24, 2.45) is 0 Å². The van der Waals surface area contributed by atoms with Crippen molar-refractivity contribution in [1.82, 2.24) is 0 Å². The smallest absolute Gasteiger partial charge is 0.429 e. The van der Waals surface area contributed by atoms with Gasteiger partial charge in [0.05, 0.1) is 10.6 Å². The summed E-state index contributed by atoms with van der Waals surface area (Å²) in [6.45, 7) is 1.79. The largest absolute Gasteiger partial charge is 0.432 e. The van der Waals surface area contributed by atoms with Crippen molar-refractivity contribution in [2.75, 3.05) is 0 Å². The van der Waals surface area contributed by atoms with Gasteiger partial charge < -0.3 is 4.74 Å². The number of benzene rings is 4. The van der Waals surface area contributed by atoms with E-state index < -0.39 is 85.7 Å². The lowest BCUT2D eigenvalue weighted by Crippen LogP contribution is -2.25. The third kappa shape index (κ3) is 6.25. The average molecular weight is 619 g/mol. The third-order valence-electron chi connectivity index (χ3n) is 6.09. The van der Waals surface area contributed by atoms with Gasteiger partial charge in [-0.25, -0.2) is 35.1 Å². The molecule has 0 bridgehead atoms. The Morgan fingerprint density at radius 1 is 0.667 bits per heavy atom. The van der Waals surface area contributed by atoms with E-state index in [0.717, 1.165) is 18.2 Å². The highest BCUT2D eigenvalue weighted by atomic mass is 35.5. The second kappa shape index (κ2) is 12.1. The maximum Gasteiger partial charge on any atom is 0.432 e. The van der Waals surface area contributed by atoms with Gasteiger partial charge in [0.15, 0.2) is 17.5 Å². The lowest BCUT2D eigenvalue weighted by Gasteiger charge is -2.20. The van der Waals surface area contributed by atoms with Crippen molar-refractivity contribution in [2.45, 2.75) is 25.9 Å². The van der Waals surface area contributed by atoms with Gasteiger partial charge in [0.2, 0.25) is 0 Å². The lowest BCUT2D eigenvalue weighted by atomic mass is 9.96. The molecule has 0 atom stereocenters. The molecule has 0 saturated heterocycles. The van der Waals surface area contributed by atoms with Crippen LogP contribution >= 0.6 is 11.6 Å². The second-order valence-electron chi connectivity index (χ2n) is 8.99. The van der Waals surface area contributed by atoms with Gasteiger partial charge in [0.1, 0.15) is 40.4 Å². The molecule has 0 fully saturated rings. The molecule has 0 radical (unpaired) electrons. The van der Waals surface area contributed by atoms with Gasteiger partial charge in [-0.15, -0.1) is 0 Å². The van der Waals surface area contributed by atoms with Crippen LogP contribution in [0.2, 0.25) is 5.02 Å². The fourth-order valence-corrected chi connectivity index (χ4v) is 4.56. The minimum absolute atomic E-state index is 0.0379. The van der Waals surface area contributed by atoms with E-state index in [-0.39, 0.29) is 29.8 Å². The zero-order valence-corrected chi connectivity index (χ0v) is 22.0. The molecule has 0 heterocycles. The zero-order valence-electron chi connectivity index (χ0n) is 21.3. The molecule has 4 aromatic carbocycles. The van der Waals surface area contributed by atoms with Crippen LogP contribution < -0.4 is 4.74 Å². The molecule has 12 heteroatoms. The molecule has 0 aliphatic rings. The van der Waals surface area contributed by atoms with Gasteiger partial charge in [-0.05, 0) is 72.9 Å². The molecule has 4 rings (SSSR count). The number of ether oxygens (including phenoxy) is 1. The van der Waals surface area contributed by atoms with Crippen LogP contribution in [-0.2, 0) is 12.5 Å². The van der Waals surface area contributed by atoms with E-state index in [1.54, 1.807) is 19.1 Å². The molecule has 0 amide bonds. The average Bonchev–Trinajstić information content (AvgIpc) is 2.86. The molecular weight excluding hydrogens is 602 g/mol. The molecule has 4 aromatic rings. The maximum absolute atomic E-state index is 15.2. The number of hydrogen-bond acceptors (Lipinski definition) is 1. The van der Waals surface area contributed by atoms with Gasteiger partial charge in [-0.1, -0.05) is 23.8 Å². The number of allylic oxidation sites excluding steroid dienone is 2. The van der Waals surface area contributed by atoms with Crippen molar-refractivity contribution in [3.8, 4) is 28.0 Å². The Morgan fingerprint density at radius 2 is 1.17 bits per heavy atom. The zero-order chi connectivity index (χ0) is 30.9. The van der Waals surface area contributed by atoms with E-state index in [2.05, 4.69) is 4.74 Å². The monoisotopic (exact) mass is 618 g/mol. The first-order valence-electron chi connectivity index (χ1n) is 12.0. The molecule has 1 nitrogen and oxygen atoms in total. The molecule has 0 spiro atoms. The number of aryl methyl sites for hydroxylation is 1. The predicted octanol–water partition coefficient (Wildman–Crippen LogP) is 10.4. The van der Waals surface area contributed by atoms with E-state index in [9.17, 15) is 39.5 Å². The number of alkyl halides is 2. The minimum atomic E-state index is -4.87. The van der Waals surface area contributed by atoms with Crippen molar-refractivity contribution in [3.63, 3.8) is 0 Å². The summed E-state index contributed by atoms with van der Waals surface area (Å²) >= 11 is 6.11. The molecule has 0 unspecified atom stereocenters. The Morgan fingerprint density at radius 3 is 1.69 bits per heavy atom. The third-order valence-corrected chi connectivity index (χ3v) is 6.39. The predicted molar refractivity (Wildman–Crippen MR) is 136 cm³/mol. The van der Waals surface area contributed by atoms with Gasteiger partial charge in [0, 0.05) is 17.7 Å². The maximum atomic E-state index is 15.2. The van der Waals surface area contributed by atoms with Crippen molar-refractivity contribution < 1.29 is 48.6 Å². The Balaban J connectivity index is 1.70. The fraction of sp³-hybridized carbons (Fsp3) is 0.133. The van der Waals surface area contributed by atoms with Crippen molar-refractivity contribution >= 4 is 11.6 Å². The highest BCUT2D eigenvalue weighted by Crippen LogP contribution is 2.41. The summed E-state index contributed by atoms with van der Waals surface area (Å²) < 4.78 is 148. The standard InChI is InChI=1S/C30H17ClF10O/c1-2-3-4-5-14-6-19(32)27(20(33)7-14)15-8-18(31)26(21(34)9-15)16-10-22(35)28(23(36)11-16)30(40,41)42-17-12-24(37)29(39)25(38)13-17/h2-3,6-13H,4-5H2,1H3/b3-2+. The van der Waals surface area contributed by atoms with Crippen LogP contribution in [0.15, 0.2) is 60.7 Å². The topological polar surface area (TPSA) is 9.23 Å². The Bertz CT molecular complexity index is 1610.